The molecule has 0 N–H and O–H groups in total. The van der Waals surface area contributed by atoms with Crippen LogP contribution in [0.4, 0.5) is 5.69 Å². The van der Waals surface area contributed by atoms with Gasteiger partial charge in [-0.1, -0.05) is 41.9 Å². The molecular weight excluding hydrogens is 354 g/mol. The first-order valence-corrected chi connectivity index (χ1v) is 10.4. The summed E-state index contributed by atoms with van der Waals surface area (Å²) in [7, 11) is -0.592. The second-order valence-corrected chi connectivity index (χ2v) is 8.67. The van der Waals surface area contributed by atoms with Gasteiger partial charge in [0.1, 0.15) is 0 Å². The molecule has 2 rings (SSSR count). The van der Waals surface area contributed by atoms with Gasteiger partial charge < -0.3 is 4.90 Å². The summed E-state index contributed by atoms with van der Waals surface area (Å²) in [5, 5.41) is 0.478. The summed E-state index contributed by atoms with van der Waals surface area (Å²) in [6.45, 7) is 5.23. The molecule has 0 spiro atoms. The Balaban J connectivity index is 2.34. The zero-order valence-corrected chi connectivity index (χ0v) is 16.6. The molecule has 4 nitrogen and oxygen atoms in total. The van der Waals surface area contributed by atoms with Gasteiger partial charge in [0.25, 0.3) is 0 Å². The zero-order valence-electron chi connectivity index (χ0n) is 15.1. The lowest BCUT2D eigenvalue weighted by atomic mass is 10.2. The van der Waals surface area contributed by atoms with Gasteiger partial charge in [0.15, 0.2) is 0 Å². The van der Waals surface area contributed by atoms with Gasteiger partial charge in [-0.15, -0.1) is 0 Å². The molecule has 0 aromatic heterocycles. The van der Waals surface area contributed by atoms with Gasteiger partial charge in [-0.05, 0) is 37.1 Å². The van der Waals surface area contributed by atoms with Crippen molar-refractivity contribution < 1.29 is 4.21 Å². The van der Waals surface area contributed by atoms with Crippen molar-refractivity contribution >= 4 is 33.4 Å². The Kier molecular flexibility index (Phi) is 6.62. The Morgan fingerprint density at radius 1 is 1.24 bits per heavy atom. The van der Waals surface area contributed by atoms with Crippen LogP contribution in [0, 0.1) is 6.92 Å². The van der Waals surface area contributed by atoms with Gasteiger partial charge in [0, 0.05) is 19.8 Å². The second-order valence-electron chi connectivity index (χ2n) is 5.96. The Hall–Kier alpha value is -1.85. The van der Waals surface area contributed by atoms with Crippen LogP contribution in [0.3, 0.4) is 0 Å². The van der Waals surface area contributed by atoms with Crippen molar-refractivity contribution in [3.8, 4) is 0 Å². The van der Waals surface area contributed by atoms with Crippen LogP contribution < -0.4 is 0 Å². The molecule has 25 heavy (non-hydrogen) atoms. The lowest BCUT2D eigenvalue weighted by Crippen LogP contribution is -2.14. The van der Waals surface area contributed by atoms with Crippen LogP contribution in [0.1, 0.15) is 18.1 Å². The molecular formula is C19H24ClN3OS. The van der Waals surface area contributed by atoms with E-state index in [0.29, 0.717) is 22.2 Å². The first-order valence-electron chi connectivity index (χ1n) is 8.10. The van der Waals surface area contributed by atoms with E-state index in [1.807, 2.05) is 62.2 Å². The van der Waals surface area contributed by atoms with Crippen LogP contribution in [0.15, 0.2) is 56.7 Å². The van der Waals surface area contributed by atoms with Gasteiger partial charge in [0.05, 0.1) is 38.2 Å². The minimum atomic E-state index is -2.54. The predicted molar refractivity (Wildman–Crippen MR) is 108 cm³/mol. The summed E-state index contributed by atoms with van der Waals surface area (Å²) in [4.78, 5) is 7.02. The van der Waals surface area contributed by atoms with Gasteiger partial charge in [0.2, 0.25) is 0 Å². The van der Waals surface area contributed by atoms with Crippen molar-refractivity contribution in [2.24, 2.45) is 9.36 Å². The molecule has 0 saturated carbocycles. The van der Waals surface area contributed by atoms with Crippen molar-refractivity contribution in [2.75, 3.05) is 19.8 Å². The Morgan fingerprint density at radius 2 is 1.92 bits per heavy atom. The largest absolute Gasteiger partial charge is 0.366 e. The molecule has 2 aromatic carbocycles. The minimum absolute atomic E-state index is 0.411. The minimum Gasteiger partial charge on any atom is -0.366 e. The van der Waals surface area contributed by atoms with E-state index in [9.17, 15) is 4.21 Å². The molecule has 1 unspecified atom stereocenters. The first-order chi connectivity index (χ1) is 11.8. The lowest BCUT2D eigenvalue weighted by molar-refractivity contribution is 0.552. The highest BCUT2D eigenvalue weighted by atomic mass is 35.5. The van der Waals surface area contributed by atoms with Gasteiger partial charge in [-0.25, -0.2) is 13.6 Å². The van der Waals surface area contributed by atoms with Gasteiger partial charge >= 0.3 is 0 Å². The normalized spacial score (nSPS) is 13.6. The number of rotatable bonds is 6. The summed E-state index contributed by atoms with van der Waals surface area (Å²) in [5.74, 6) is 0. The van der Waals surface area contributed by atoms with Crippen LogP contribution in [-0.2, 0) is 16.3 Å². The predicted octanol–water partition coefficient (Wildman–Crippen LogP) is 4.92. The molecule has 2 aromatic rings. The number of hydrogen-bond acceptors (Lipinski definition) is 3. The van der Waals surface area contributed by atoms with Crippen molar-refractivity contribution in [1.29, 1.82) is 0 Å². The quantitative estimate of drug-likeness (QED) is 0.530. The van der Waals surface area contributed by atoms with Crippen LogP contribution in [0.25, 0.3) is 0 Å². The van der Waals surface area contributed by atoms with E-state index >= 15 is 0 Å². The average molecular weight is 378 g/mol. The first kappa shape index (κ1) is 19.5. The summed E-state index contributed by atoms with van der Waals surface area (Å²) in [6, 6.07) is 13.4. The molecule has 134 valence electrons. The van der Waals surface area contributed by atoms with E-state index in [-0.39, 0.29) is 0 Å². The number of aryl methyl sites for hydroxylation is 1. The second kappa shape index (κ2) is 8.50. The van der Waals surface area contributed by atoms with Crippen LogP contribution in [-0.4, -0.2) is 35.3 Å². The van der Waals surface area contributed by atoms with E-state index in [1.165, 1.54) is 0 Å². The number of benzene rings is 2. The van der Waals surface area contributed by atoms with E-state index in [0.717, 1.165) is 17.7 Å². The monoisotopic (exact) mass is 377 g/mol. The fraction of sp³-hybridized carbons (Fsp3) is 0.316. The fourth-order valence-corrected chi connectivity index (χ4v) is 4.05. The van der Waals surface area contributed by atoms with Crippen molar-refractivity contribution in [1.82, 2.24) is 4.90 Å². The summed E-state index contributed by atoms with van der Waals surface area (Å²) in [5.41, 5.74) is 2.58. The maximum atomic E-state index is 13.1. The van der Waals surface area contributed by atoms with Crippen LogP contribution in [0.5, 0.6) is 0 Å². The molecule has 0 fully saturated rings. The third-order valence-corrected chi connectivity index (χ3v) is 6.06. The Morgan fingerprint density at radius 3 is 2.56 bits per heavy atom. The van der Waals surface area contributed by atoms with E-state index in [2.05, 4.69) is 9.36 Å². The highest BCUT2D eigenvalue weighted by Gasteiger charge is 2.13. The Labute approximate surface area is 155 Å². The maximum absolute atomic E-state index is 13.1. The van der Waals surface area contributed by atoms with E-state index < -0.39 is 9.73 Å². The van der Waals surface area contributed by atoms with Gasteiger partial charge in [-0.3, -0.25) is 0 Å². The zero-order chi connectivity index (χ0) is 18.4. The van der Waals surface area contributed by atoms with Crippen LogP contribution in [0.2, 0.25) is 5.02 Å². The number of halogens is 1. The highest BCUT2D eigenvalue weighted by Crippen LogP contribution is 2.31. The fourth-order valence-electron chi connectivity index (χ4n) is 2.25. The summed E-state index contributed by atoms with van der Waals surface area (Å²) < 4.78 is 17.5. The van der Waals surface area contributed by atoms with Crippen molar-refractivity contribution in [3.05, 3.63) is 58.6 Å². The van der Waals surface area contributed by atoms with Crippen molar-refractivity contribution in [3.63, 3.8) is 0 Å². The topological polar surface area (TPSA) is 45.0 Å². The number of nitrogens with zero attached hydrogens (tertiary/aromatic N) is 3. The van der Waals surface area contributed by atoms with E-state index in [4.69, 9.17) is 11.6 Å². The number of hydrogen-bond donors (Lipinski definition) is 0. The van der Waals surface area contributed by atoms with E-state index in [1.54, 1.807) is 18.7 Å². The molecule has 6 heteroatoms. The Bertz CT molecular complexity index is 872. The summed E-state index contributed by atoms with van der Waals surface area (Å²) >= 11 is 6.35. The lowest BCUT2D eigenvalue weighted by Gasteiger charge is -2.12. The molecule has 0 radical (unpaired) electrons. The molecule has 0 aliphatic carbocycles. The molecule has 0 amide bonds. The third-order valence-electron chi connectivity index (χ3n) is 3.88. The molecule has 0 aliphatic heterocycles. The molecule has 0 saturated heterocycles. The smallest absolute Gasteiger partial charge is 0.0910 e. The molecule has 1 atom stereocenters. The molecule has 0 bridgehead atoms. The molecule has 0 heterocycles. The summed E-state index contributed by atoms with van der Waals surface area (Å²) in [6.07, 6.45) is 3.39. The SMILES string of the molecule is CCN(C)/C=N\c1cc(C)c(S(C)(=O)=NCc2ccccc2)cc1Cl. The average Bonchev–Trinajstić information content (AvgIpc) is 2.60. The van der Waals surface area contributed by atoms with Gasteiger partial charge in [-0.2, -0.15) is 0 Å². The number of aliphatic imine (C=N–C) groups is 1. The van der Waals surface area contributed by atoms with Crippen LogP contribution >= 0.6 is 11.6 Å². The molecule has 0 aliphatic rings. The van der Waals surface area contributed by atoms with Crippen molar-refractivity contribution in [2.45, 2.75) is 25.3 Å². The third kappa shape index (κ3) is 5.31. The maximum Gasteiger partial charge on any atom is 0.0910 e. The standard InChI is InChI=1S/C19H24ClN3OS/c1-5-23(3)14-21-18-11-15(2)19(12-17(18)20)25(4,24)22-13-16-9-7-6-8-10-16/h6-12,14H,5,13H2,1-4H3/b21-14-. The highest BCUT2D eigenvalue weighted by molar-refractivity contribution is 7.93.